The summed E-state index contributed by atoms with van der Waals surface area (Å²) in [5.74, 6) is -1.24. The highest BCUT2D eigenvalue weighted by Gasteiger charge is 2.35. The first kappa shape index (κ1) is 14.6. The van der Waals surface area contributed by atoms with Crippen molar-refractivity contribution in [2.24, 2.45) is 0 Å². The normalized spacial score (nSPS) is 17.1. The molecule has 0 saturated carbocycles. The Kier molecular flexibility index (Phi) is 3.85. The Labute approximate surface area is 131 Å². The molecule has 2 N–H and O–H groups in total. The Bertz CT molecular complexity index is 711. The highest BCUT2D eigenvalue weighted by atomic mass is 35.5. The predicted octanol–water partition coefficient (Wildman–Crippen LogP) is 1.64. The lowest BCUT2D eigenvalue weighted by molar-refractivity contribution is -0.151. The molecule has 1 amide bonds. The number of nitrogens with one attached hydrogen (secondary N) is 1. The second-order valence-electron chi connectivity index (χ2n) is 5.21. The molecule has 1 aliphatic rings. The van der Waals surface area contributed by atoms with Crippen LogP contribution in [-0.2, 0) is 29.0 Å². The van der Waals surface area contributed by atoms with Crippen LogP contribution in [0.1, 0.15) is 17.0 Å². The number of aromatic amines is 1. The Balaban J connectivity index is 1.80. The molecule has 0 spiro atoms. The van der Waals surface area contributed by atoms with Gasteiger partial charge in [0.05, 0.1) is 30.7 Å². The average Bonchev–Trinajstić information content (AvgIpc) is 2.95. The van der Waals surface area contributed by atoms with Gasteiger partial charge >= 0.3 is 5.97 Å². The molecule has 3 rings (SSSR count). The third-order valence-electron chi connectivity index (χ3n) is 3.77. The summed E-state index contributed by atoms with van der Waals surface area (Å²) >= 11 is 5.82. The molecule has 0 saturated heterocycles. The minimum Gasteiger partial charge on any atom is -0.480 e. The number of carboxylic acid groups (broad SMARTS) is 1. The fourth-order valence-electron chi connectivity index (χ4n) is 2.60. The largest absolute Gasteiger partial charge is 0.480 e. The van der Waals surface area contributed by atoms with Gasteiger partial charge in [0.25, 0.3) is 0 Å². The number of imidazole rings is 1. The highest BCUT2D eigenvalue weighted by Crippen LogP contribution is 2.22. The van der Waals surface area contributed by atoms with E-state index >= 15 is 0 Å². The van der Waals surface area contributed by atoms with Gasteiger partial charge in [-0.05, 0) is 17.7 Å². The van der Waals surface area contributed by atoms with Gasteiger partial charge in [0, 0.05) is 11.4 Å². The smallest absolute Gasteiger partial charge is 0.326 e. The van der Waals surface area contributed by atoms with Gasteiger partial charge in [0.1, 0.15) is 6.04 Å². The van der Waals surface area contributed by atoms with Crippen LogP contribution < -0.4 is 0 Å². The third kappa shape index (κ3) is 2.82. The minimum atomic E-state index is -1.02. The molecule has 2 aromatic rings. The molecule has 114 valence electrons. The number of amides is 1. The van der Waals surface area contributed by atoms with E-state index in [-0.39, 0.29) is 25.3 Å². The standard InChI is InChI=1S/C15H14ClN3O3/c16-10-3-1-9(2-4-10)5-14(20)19-7-12-11(17-8-18-12)6-13(19)15(21)22/h1-4,8,13H,5-7H2,(H,17,18)(H,21,22). The first-order valence-corrected chi connectivity index (χ1v) is 7.20. The third-order valence-corrected chi connectivity index (χ3v) is 4.02. The maximum atomic E-state index is 12.5. The monoisotopic (exact) mass is 319 g/mol. The SMILES string of the molecule is O=C(O)C1Cc2nc[nH]c2CN1C(=O)Cc1ccc(Cl)cc1. The van der Waals surface area contributed by atoms with Crippen LogP contribution >= 0.6 is 11.6 Å². The average molecular weight is 320 g/mol. The van der Waals surface area contributed by atoms with E-state index in [1.807, 2.05) is 0 Å². The molecule has 0 fully saturated rings. The van der Waals surface area contributed by atoms with E-state index in [1.165, 1.54) is 11.2 Å². The number of rotatable bonds is 3. The zero-order chi connectivity index (χ0) is 15.7. The quantitative estimate of drug-likeness (QED) is 0.900. The van der Waals surface area contributed by atoms with Gasteiger partial charge in [-0.25, -0.2) is 9.78 Å². The van der Waals surface area contributed by atoms with Crippen LogP contribution in [0.3, 0.4) is 0 Å². The zero-order valence-electron chi connectivity index (χ0n) is 11.6. The molecule has 0 radical (unpaired) electrons. The molecule has 6 nitrogen and oxygen atoms in total. The van der Waals surface area contributed by atoms with Gasteiger partial charge in [0.2, 0.25) is 5.91 Å². The van der Waals surface area contributed by atoms with Crippen molar-refractivity contribution in [3.63, 3.8) is 0 Å². The molecule has 0 aliphatic carbocycles. The molecular formula is C15H14ClN3O3. The number of halogens is 1. The maximum Gasteiger partial charge on any atom is 0.326 e. The van der Waals surface area contributed by atoms with Crippen LogP contribution in [0, 0.1) is 0 Å². The number of hydrogen-bond acceptors (Lipinski definition) is 3. The van der Waals surface area contributed by atoms with Crippen molar-refractivity contribution in [3.8, 4) is 0 Å². The summed E-state index contributed by atoms with van der Waals surface area (Å²) in [6.07, 6.45) is 1.89. The fourth-order valence-corrected chi connectivity index (χ4v) is 2.72. The second kappa shape index (κ2) is 5.81. The molecule has 1 aliphatic heterocycles. The number of nitrogens with zero attached hydrogens (tertiary/aromatic N) is 2. The van der Waals surface area contributed by atoms with Crippen molar-refractivity contribution in [2.75, 3.05) is 0 Å². The summed E-state index contributed by atoms with van der Waals surface area (Å²) in [6, 6.07) is 6.07. The van der Waals surface area contributed by atoms with Crippen molar-refractivity contribution in [1.29, 1.82) is 0 Å². The van der Waals surface area contributed by atoms with E-state index in [4.69, 9.17) is 11.6 Å². The van der Waals surface area contributed by atoms with Crippen molar-refractivity contribution >= 4 is 23.5 Å². The summed E-state index contributed by atoms with van der Waals surface area (Å²) in [5.41, 5.74) is 2.30. The number of aromatic nitrogens is 2. The number of fused-ring (bicyclic) bond motifs is 1. The topological polar surface area (TPSA) is 86.3 Å². The number of carbonyl (C=O) groups is 2. The lowest BCUT2D eigenvalue weighted by Crippen LogP contribution is -2.49. The van der Waals surface area contributed by atoms with Gasteiger partial charge in [-0.15, -0.1) is 0 Å². The zero-order valence-corrected chi connectivity index (χ0v) is 12.4. The molecule has 1 aromatic heterocycles. The van der Waals surface area contributed by atoms with Crippen LogP contribution in [0.25, 0.3) is 0 Å². The molecule has 7 heteroatoms. The summed E-state index contributed by atoms with van der Waals surface area (Å²) in [5, 5.41) is 9.97. The van der Waals surface area contributed by atoms with Gasteiger partial charge in [-0.3, -0.25) is 4.79 Å². The van der Waals surface area contributed by atoms with E-state index in [2.05, 4.69) is 9.97 Å². The van der Waals surface area contributed by atoms with Gasteiger partial charge in [-0.2, -0.15) is 0 Å². The van der Waals surface area contributed by atoms with E-state index in [9.17, 15) is 14.7 Å². The Morgan fingerprint density at radius 2 is 2.09 bits per heavy atom. The lowest BCUT2D eigenvalue weighted by atomic mass is 10.0. The molecule has 1 atom stereocenters. The Morgan fingerprint density at radius 1 is 1.36 bits per heavy atom. The number of hydrogen-bond donors (Lipinski definition) is 2. The van der Waals surface area contributed by atoms with Gasteiger partial charge in [-0.1, -0.05) is 23.7 Å². The number of H-pyrrole nitrogens is 1. The summed E-state index contributed by atoms with van der Waals surface area (Å²) in [4.78, 5) is 32.4. The fraction of sp³-hybridized carbons (Fsp3) is 0.267. The molecule has 2 heterocycles. The van der Waals surface area contributed by atoms with Gasteiger partial charge in [0.15, 0.2) is 0 Å². The number of benzene rings is 1. The van der Waals surface area contributed by atoms with Crippen LogP contribution in [0.2, 0.25) is 5.02 Å². The number of carbonyl (C=O) groups excluding carboxylic acids is 1. The molecular weight excluding hydrogens is 306 g/mol. The lowest BCUT2D eigenvalue weighted by Gasteiger charge is -2.32. The maximum absolute atomic E-state index is 12.5. The highest BCUT2D eigenvalue weighted by molar-refractivity contribution is 6.30. The summed E-state index contributed by atoms with van der Waals surface area (Å²) in [6.45, 7) is 0.235. The summed E-state index contributed by atoms with van der Waals surface area (Å²) < 4.78 is 0. The molecule has 0 bridgehead atoms. The van der Waals surface area contributed by atoms with Crippen LogP contribution in [-0.4, -0.2) is 37.9 Å². The first-order valence-electron chi connectivity index (χ1n) is 6.82. The van der Waals surface area contributed by atoms with E-state index in [0.717, 1.165) is 11.3 Å². The molecule has 1 unspecified atom stereocenters. The van der Waals surface area contributed by atoms with E-state index in [0.29, 0.717) is 10.7 Å². The molecule has 22 heavy (non-hydrogen) atoms. The van der Waals surface area contributed by atoms with Crippen LogP contribution in [0.15, 0.2) is 30.6 Å². The van der Waals surface area contributed by atoms with Crippen LogP contribution in [0.4, 0.5) is 0 Å². The Hall–Kier alpha value is -2.34. The van der Waals surface area contributed by atoms with Crippen LogP contribution in [0.5, 0.6) is 0 Å². The molecule has 1 aromatic carbocycles. The van der Waals surface area contributed by atoms with Crippen molar-refractivity contribution < 1.29 is 14.7 Å². The van der Waals surface area contributed by atoms with Crippen molar-refractivity contribution in [2.45, 2.75) is 25.4 Å². The Morgan fingerprint density at radius 3 is 2.77 bits per heavy atom. The first-order chi connectivity index (χ1) is 10.5. The van der Waals surface area contributed by atoms with E-state index < -0.39 is 12.0 Å². The van der Waals surface area contributed by atoms with E-state index in [1.54, 1.807) is 24.3 Å². The predicted molar refractivity (Wildman–Crippen MR) is 79.4 cm³/mol. The van der Waals surface area contributed by atoms with Gasteiger partial charge < -0.3 is 15.0 Å². The minimum absolute atomic E-state index is 0.143. The van der Waals surface area contributed by atoms with Crippen molar-refractivity contribution in [1.82, 2.24) is 14.9 Å². The number of aliphatic carboxylic acids is 1. The van der Waals surface area contributed by atoms with Crippen molar-refractivity contribution in [3.05, 3.63) is 52.6 Å². The second-order valence-corrected chi connectivity index (χ2v) is 5.65. The summed E-state index contributed by atoms with van der Waals surface area (Å²) in [7, 11) is 0. The number of carboxylic acids is 1.